The molecule has 2 heterocycles. The molecule has 2 aromatic carbocycles. The average molecular weight is 415 g/mol. The van der Waals surface area contributed by atoms with E-state index in [1.165, 1.54) is 24.4 Å². The molecule has 4 rings (SSSR count). The van der Waals surface area contributed by atoms with Crippen LogP contribution in [-0.4, -0.2) is 25.2 Å². The first-order valence-electron chi connectivity index (χ1n) is 9.27. The van der Waals surface area contributed by atoms with E-state index >= 15 is 0 Å². The van der Waals surface area contributed by atoms with Crippen LogP contribution in [0.2, 0.25) is 0 Å². The SMILES string of the molecule is Cn1ccnc1C(=O)c1ccc(Nc2cccc(Oc3ccncc3)c2)c([N+](=O)[O-])c1. The van der Waals surface area contributed by atoms with Crippen LogP contribution in [0.25, 0.3) is 0 Å². The minimum atomic E-state index is -0.533. The Morgan fingerprint density at radius 3 is 2.58 bits per heavy atom. The van der Waals surface area contributed by atoms with Crippen molar-refractivity contribution in [2.24, 2.45) is 7.05 Å². The van der Waals surface area contributed by atoms with Crippen molar-refractivity contribution in [3.05, 3.63) is 101 Å². The third kappa shape index (κ3) is 4.40. The fourth-order valence-electron chi connectivity index (χ4n) is 2.98. The number of pyridine rings is 1. The monoisotopic (exact) mass is 415 g/mol. The Morgan fingerprint density at radius 1 is 1.06 bits per heavy atom. The van der Waals surface area contributed by atoms with Gasteiger partial charge in [0, 0.05) is 55.2 Å². The number of carbonyl (C=O) groups excluding carboxylic acids is 1. The van der Waals surface area contributed by atoms with Gasteiger partial charge in [0.25, 0.3) is 5.69 Å². The molecule has 9 nitrogen and oxygen atoms in total. The van der Waals surface area contributed by atoms with E-state index in [1.54, 1.807) is 66.6 Å². The Labute approximate surface area is 177 Å². The summed E-state index contributed by atoms with van der Waals surface area (Å²) in [6, 6.07) is 14.8. The van der Waals surface area contributed by atoms with Crippen LogP contribution >= 0.6 is 0 Å². The van der Waals surface area contributed by atoms with E-state index in [9.17, 15) is 14.9 Å². The summed E-state index contributed by atoms with van der Waals surface area (Å²) in [5, 5.41) is 14.7. The van der Waals surface area contributed by atoms with E-state index in [0.717, 1.165) is 0 Å². The van der Waals surface area contributed by atoms with Gasteiger partial charge >= 0.3 is 0 Å². The van der Waals surface area contributed by atoms with E-state index in [0.29, 0.717) is 17.2 Å². The molecule has 154 valence electrons. The number of carbonyl (C=O) groups is 1. The second-order valence-corrected chi connectivity index (χ2v) is 6.62. The second-order valence-electron chi connectivity index (χ2n) is 6.62. The topological polar surface area (TPSA) is 112 Å². The molecular formula is C22H17N5O4. The first kappa shape index (κ1) is 19.8. The Kier molecular flexibility index (Phi) is 5.39. The number of nitro benzene ring substituents is 1. The van der Waals surface area contributed by atoms with Gasteiger partial charge in [0.2, 0.25) is 5.78 Å². The number of ketones is 1. The van der Waals surface area contributed by atoms with Crippen LogP contribution in [0.4, 0.5) is 17.1 Å². The number of aryl methyl sites for hydroxylation is 1. The molecule has 1 N–H and O–H groups in total. The highest BCUT2D eigenvalue weighted by atomic mass is 16.6. The summed E-state index contributed by atoms with van der Waals surface area (Å²) in [4.78, 5) is 31.7. The number of hydrogen-bond acceptors (Lipinski definition) is 7. The Morgan fingerprint density at radius 2 is 1.87 bits per heavy atom. The van der Waals surface area contributed by atoms with Crippen LogP contribution in [0.1, 0.15) is 16.2 Å². The number of benzene rings is 2. The van der Waals surface area contributed by atoms with Gasteiger partial charge in [0.05, 0.1) is 4.92 Å². The molecule has 2 aromatic heterocycles. The smallest absolute Gasteiger partial charge is 0.293 e. The summed E-state index contributed by atoms with van der Waals surface area (Å²) in [7, 11) is 1.69. The number of anilines is 2. The lowest BCUT2D eigenvalue weighted by Crippen LogP contribution is -2.09. The maximum Gasteiger partial charge on any atom is 0.293 e. The van der Waals surface area contributed by atoms with Crippen molar-refractivity contribution in [2.45, 2.75) is 0 Å². The maximum atomic E-state index is 12.6. The van der Waals surface area contributed by atoms with Crippen molar-refractivity contribution in [3.63, 3.8) is 0 Å². The molecule has 0 aliphatic carbocycles. The second kappa shape index (κ2) is 8.46. The van der Waals surface area contributed by atoms with Crippen molar-refractivity contribution < 1.29 is 14.5 Å². The molecule has 4 aromatic rings. The van der Waals surface area contributed by atoms with Gasteiger partial charge in [-0.2, -0.15) is 0 Å². The minimum absolute atomic E-state index is 0.182. The summed E-state index contributed by atoms with van der Waals surface area (Å²) in [6.45, 7) is 0. The number of imidazole rings is 1. The van der Waals surface area contributed by atoms with Gasteiger partial charge in [-0.05, 0) is 36.4 Å². The summed E-state index contributed by atoms with van der Waals surface area (Å²) < 4.78 is 7.33. The quantitative estimate of drug-likeness (QED) is 0.269. The first-order valence-corrected chi connectivity index (χ1v) is 9.27. The number of ether oxygens (including phenoxy) is 1. The number of nitro groups is 1. The largest absolute Gasteiger partial charge is 0.457 e. The lowest BCUT2D eigenvalue weighted by molar-refractivity contribution is -0.383. The fraction of sp³-hybridized carbons (Fsp3) is 0.0455. The predicted octanol–water partition coefficient (Wildman–Crippen LogP) is 4.49. The molecule has 0 radical (unpaired) electrons. The normalized spacial score (nSPS) is 10.5. The molecule has 31 heavy (non-hydrogen) atoms. The zero-order valence-corrected chi connectivity index (χ0v) is 16.4. The molecule has 0 atom stereocenters. The highest BCUT2D eigenvalue weighted by molar-refractivity contribution is 6.07. The van der Waals surface area contributed by atoms with E-state index < -0.39 is 10.7 Å². The Hall–Kier alpha value is -4.53. The molecule has 0 bridgehead atoms. The average Bonchev–Trinajstić information content (AvgIpc) is 3.20. The number of aromatic nitrogens is 3. The van der Waals surface area contributed by atoms with Crippen molar-refractivity contribution >= 4 is 22.8 Å². The van der Waals surface area contributed by atoms with Crippen LogP contribution in [0.15, 0.2) is 79.4 Å². The van der Waals surface area contributed by atoms with Gasteiger partial charge in [0.15, 0.2) is 5.82 Å². The van der Waals surface area contributed by atoms with Gasteiger partial charge in [-0.25, -0.2) is 4.98 Å². The molecule has 0 unspecified atom stereocenters. The first-order chi connectivity index (χ1) is 15.0. The number of nitrogens with zero attached hydrogens (tertiary/aromatic N) is 4. The van der Waals surface area contributed by atoms with Crippen molar-refractivity contribution in [1.29, 1.82) is 0 Å². The fourth-order valence-corrected chi connectivity index (χ4v) is 2.98. The molecule has 0 aliphatic heterocycles. The predicted molar refractivity (Wildman–Crippen MR) is 114 cm³/mol. The number of nitrogens with one attached hydrogen (secondary N) is 1. The van der Waals surface area contributed by atoms with Crippen LogP contribution in [-0.2, 0) is 7.05 Å². The van der Waals surface area contributed by atoms with Gasteiger partial charge in [-0.1, -0.05) is 6.07 Å². The summed E-state index contributed by atoms with van der Waals surface area (Å²) >= 11 is 0. The molecule has 0 spiro atoms. The van der Waals surface area contributed by atoms with Gasteiger partial charge in [-0.15, -0.1) is 0 Å². The van der Waals surface area contributed by atoms with E-state index in [2.05, 4.69) is 15.3 Å². The lowest BCUT2D eigenvalue weighted by Gasteiger charge is -2.11. The third-order valence-electron chi connectivity index (χ3n) is 4.48. The molecule has 0 fully saturated rings. The van der Waals surface area contributed by atoms with Crippen LogP contribution < -0.4 is 10.1 Å². The zero-order chi connectivity index (χ0) is 21.8. The maximum absolute atomic E-state index is 12.6. The van der Waals surface area contributed by atoms with E-state index in [1.807, 2.05) is 0 Å². The molecule has 0 aliphatic rings. The highest BCUT2D eigenvalue weighted by Crippen LogP contribution is 2.31. The molecular weight excluding hydrogens is 398 g/mol. The van der Waals surface area contributed by atoms with Gasteiger partial charge < -0.3 is 14.6 Å². The Bertz CT molecular complexity index is 1250. The summed E-state index contributed by atoms with van der Waals surface area (Å²) in [6.07, 6.45) is 6.38. The van der Waals surface area contributed by atoms with Crippen LogP contribution in [0, 0.1) is 10.1 Å². The minimum Gasteiger partial charge on any atom is -0.457 e. The van der Waals surface area contributed by atoms with Crippen LogP contribution in [0.3, 0.4) is 0 Å². The number of rotatable bonds is 7. The number of hydrogen-bond donors (Lipinski definition) is 1. The van der Waals surface area contributed by atoms with E-state index in [-0.39, 0.29) is 22.8 Å². The van der Waals surface area contributed by atoms with Gasteiger partial charge in [0.1, 0.15) is 17.2 Å². The molecule has 9 heteroatoms. The van der Waals surface area contributed by atoms with Crippen LogP contribution in [0.5, 0.6) is 11.5 Å². The molecule has 0 amide bonds. The summed E-state index contributed by atoms with van der Waals surface area (Å²) in [5.41, 5.74) is 0.808. The van der Waals surface area contributed by atoms with Crippen molar-refractivity contribution in [3.8, 4) is 11.5 Å². The third-order valence-corrected chi connectivity index (χ3v) is 4.48. The standard InChI is InChI=1S/C22H17N5O4/c1-26-12-11-24-22(26)21(28)15-5-6-19(20(13-15)27(29)30)25-16-3-2-4-18(14-16)31-17-7-9-23-10-8-17/h2-14,25H,1H3. The lowest BCUT2D eigenvalue weighted by atomic mass is 10.1. The Balaban J connectivity index is 1.60. The highest BCUT2D eigenvalue weighted by Gasteiger charge is 2.20. The van der Waals surface area contributed by atoms with Gasteiger partial charge in [-0.3, -0.25) is 19.9 Å². The zero-order valence-electron chi connectivity index (χ0n) is 16.4. The van der Waals surface area contributed by atoms with Crippen molar-refractivity contribution in [1.82, 2.24) is 14.5 Å². The van der Waals surface area contributed by atoms with E-state index in [4.69, 9.17) is 4.74 Å². The van der Waals surface area contributed by atoms with Crippen molar-refractivity contribution in [2.75, 3.05) is 5.32 Å². The molecule has 0 saturated carbocycles. The summed E-state index contributed by atoms with van der Waals surface area (Å²) in [5.74, 6) is 0.988. The molecule has 0 saturated heterocycles.